The van der Waals surface area contributed by atoms with Crippen molar-refractivity contribution in [2.75, 3.05) is 27.3 Å². The number of nitrogens with zero attached hydrogens (tertiary/aromatic N) is 4. The fourth-order valence-electron chi connectivity index (χ4n) is 4.05. The van der Waals surface area contributed by atoms with E-state index in [0.717, 1.165) is 49.8 Å². The van der Waals surface area contributed by atoms with E-state index in [9.17, 15) is 4.79 Å². The fraction of sp³-hybridized carbons (Fsp3) is 0.579. The summed E-state index contributed by atoms with van der Waals surface area (Å²) in [5.41, 5.74) is 2.06. The van der Waals surface area contributed by atoms with E-state index in [-0.39, 0.29) is 17.6 Å². The number of methoxy groups -OCH3 is 1. The van der Waals surface area contributed by atoms with E-state index in [1.165, 1.54) is 0 Å². The summed E-state index contributed by atoms with van der Waals surface area (Å²) in [6, 6.07) is 8.53. The number of rotatable bonds is 5. The van der Waals surface area contributed by atoms with Crippen LogP contribution in [0, 0.1) is 0 Å². The van der Waals surface area contributed by atoms with E-state index in [4.69, 9.17) is 4.74 Å². The predicted molar refractivity (Wildman–Crippen MR) is 96.5 cm³/mol. The van der Waals surface area contributed by atoms with Gasteiger partial charge in [-0.2, -0.15) is 0 Å². The van der Waals surface area contributed by atoms with Gasteiger partial charge < -0.3 is 19.1 Å². The minimum Gasteiger partial charge on any atom is -0.382 e. The van der Waals surface area contributed by atoms with E-state index in [0.29, 0.717) is 6.61 Å². The quantitative estimate of drug-likeness (QED) is 0.839. The molecule has 6 nitrogen and oxygen atoms in total. The molecule has 0 bridgehead atoms. The summed E-state index contributed by atoms with van der Waals surface area (Å²) in [5, 5.41) is 0. The number of urea groups is 1. The highest BCUT2D eigenvalue weighted by atomic mass is 16.5. The Morgan fingerprint density at radius 1 is 1.40 bits per heavy atom. The minimum atomic E-state index is -0.0827. The number of fused-ring (bicyclic) bond motifs is 1. The van der Waals surface area contributed by atoms with Crippen LogP contribution in [0.1, 0.15) is 25.7 Å². The van der Waals surface area contributed by atoms with E-state index in [1.807, 2.05) is 41.4 Å². The number of aromatic nitrogens is 2. The number of imidazole rings is 1. The third-order valence-electron chi connectivity index (χ3n) is 5.80. The van der Waals surface area contributed by atoms with Crippen molar-refractivity contribution in [3.63, 3.8) is 0 Å². The summed E-state index contributed by atoms with van der Waals surface area (Å²) in [6.07, 6.45) is 6.07. The average molecular weight is 342 g/mol. The third-order valence-corrected chi connectivity index (χ3v) is 5.80. The van der Waals surface area contributed by atoms with Crippen molar-refractivity contribution in [3.8, 4) is 0 Å². The molecule has 0 N–H and O–H groups in total. The standard InChI is InChI=1S/C19H26N4O2/c1-21(19(9-10-19)13-25-2)18(24)23-11-5-6-15(23)12-22-14-20-16-7-3-4-8-17(16)22/h3-4,7-8,14-15H,5-6,9-13H2,1-2H3. The zero-order valence-electron chi connectivity index (χ0n) is 15.0. The van der Waals surface area contributed by atoms with Gasteiger partial charge in [-0.1, -0.05) is 12.1 Å². The molecule has 6 heteroatoms. The minimum absolute atomic E-state index is 0.0827. The molecule has 134 valence electrons. The van der Waals surface area contributed by atoms with E-state index in [2.05, 4.69) is 15.6 Å². The van der Waals surface area contributed by atoms with E-state index >= 15 is 0 Å². The number of ether oxygens (including phenoxy) is 1. The number of carbonyl (C=O) groups is 1. The zero-order chi connectivity index (χ0) is 17.4. The number of benzene rings is 1. The zero-order valence-corrected chi connectivity index (χ0v) is 15.0. The first-order valence-corrected chi connectivity index (χ1v) is 9.08. The highest BCUT2D eigenvalue weighted by Gasteiger charge is 2.50. The summed E-state index contributed by atoms with van der Waals surface area (Å²) in [5.74, 6) is 0. The molecule has 4 rings (SSSR count). The first-order chi connectivity index (χ1) is 12.1. The van der Waals surface area contributed by atoms with Crippen LogP contribution in [0.15, 0.2) is 30.6 Å². The van der Waals surface area contributed by atoms with Crippen molar-refractivity contribution in [1.82, 2.24) is 19.4 Å². The van der Waals surface area contributed by atoms with Crippen LogP contribution in [0.3, 0.4) is 0 Å². The summed E-state index contributed by atoms with van der Waals surface area (Å²) < 4.78 is 7.51. The van der Waals surface area contributed by atoms with Gasteiger partial charge in [0.2, 0.25) is 0 Å². The fourth-order valence-corrected chi connectivity index (χ4v) is 4.05. The highest BCUT2D eigenvalue weighted by molar-refractivity contribution is 5.77. The molecule has 0 spiro atoms. The molecule has 1 atom stereocenters. The molecule has 2 fully saturated rings. The van der Waals surface area contributed by atoms with Crippen LogP contribution < -0.4 is 0 Å². The van der Waals surface area contributed by atoms with Crippen LogP contribution >= 0.6 is 0 Å². The molecule has 2 amide bonds. The van der Waals surface area contributed by atoms with Crippen molar-refractivity contribution in [2.45, 2.75) is 43.8 Å². The molecule has 1 aromatic heterocycles. The van der Waals surface area contributed by atoms with Crippen LogP contribution in [0.5, 0.6) is 0 Å². The molecule has 1 aliphatic heterocycles. The number of para-hydroxylation sites is 2. The molecule has 2 aromatic rings. The van der Waals surface area contributed by atoms with Crippen molar-refractivity contribution >= 4 is 17.1 Å². The summed E-state index contributed by atoms with van der Waals surface area (Å²) in [4.78, 5) is 21.5. The number of hydrogen-bond acceptors (Lipinski definition) is 3. The van der Waals surface area contributed by atoms with Gasteiger partial charge in [-0.15, -0.1) is 0 Å². The Balaban J connectivity index is 1.50. The largest absolute Gasteiger partial charge is 0.382 e. The Morgan fingerprint density at radius 2 is 2.20 bits per heavy atom. The van der Waals surface area contributed by atoms with Gasteiger partial charge >= 0.3 is 6.03 Å². The monoisotopic (exact) mass is 342 g/mol. The van der Waals surface area contributed by atoms with Gasteiger partial charge in [0, 0.05) is 27.2 Å². The molecule has 1 saturated carbocycles. The Morgan fingerprint density at radius 3 is 2.96 bits per heavy atom. The number of hydrogen-bond donors (Lipinski definition) is 0. The average Bonchev–Trinajstić information content (AvgIpc) is 3.09. The van der Waals surface area contributed by atoms with Crippen molar-refractivity contribution in [2.24, 2.45) is 0 Å². The molecule has 25 heavy (non-hydrogen) atoms. The second kappa shape index (κ2) is 6.33. The molecule has 1 aromatic carbocycles. The van der Waals surface area contributed by atoms with Crippen LogP contribution in [0.25, 0.3) is 11.0 Å². The van der Waals surface area contributed by atoms with Gasteiger partial charge in [-0.05, 0) is 37.8 Å². The van der Waals surface area contributed by atoms with Crippen LogP contribution in [0.2, 0.25) is 0 Å². The predicted octanol–water partition coefficient (Wildman–Crippen LogP) is 2.73. The molecule has 2 heterocycles. The SMILES string of the molecule is COCC1(N(C)C(=O)N2CCCC2Cn2cnc3ccccc32)CC1. The number of carbonyl (C=O) groups excluding carboxylic acids is 1. The maximum atomic E-state index is 13.1. The lowest BCUT2D eigenvalue weighted by molar-refractivity contribution is 0.0841. The van der Waals surface area contributed by atoms with Gasteiger partial charge in [0.05, 0.1) is 35.5 Å². The summed E-state index contributed by atoms with van der Waals surface area (Å²) >= 11 is 0. The Bertz CT molecular complexity index is 768. The Labute approximate surface area is 148 Å². The van der Waals surface area contributed by atoms with Crippen LogP contribution in [-0.4, -0.2) is 64.3 Å². The van der Waals surface area contributed by atoms with Crippen molar-refractivity contribution in [3.05, 3.63) is 30.6 Å². The van der Waals surface area contributed by atoms with E-state index < -0.39 is 0 Å². The molecule has 1 unspecified atom stereocenters. The van der Waals surface area contributed by atoms with Crippen LogP contribution in [0.4, 0.5) is 4.79 Å². The lowest BCUT2D eigenvalue weighted by Crippen LogP contribution is -2.51. The number of likely N-dealkylation sites (tertiary alicyclic amines) is 1. The topological polar surface area (TPSA) is 50.6 Å². The molecular weight excluding hydrogens is 316 g/mol. The van der Waals surface area contributed by atoms with Gasteiger partial charge in [0.25, 0.3) is 0 Å². The summed E-state index contributed by atoms with van der Waals surface area (Å²) in [6.45, 7) is 2.26. The maximum absolute atomic E-state index is 13.1. The summed E-state index contributed by atoms with van der Waals surface area (Å²) in [7, 11) is 3.64. The lowest BCUT2D eigenvalue weighted by Gasteiger charge is -2.34. The van der Waals surface area contributed by atoms with Gasteiger partial charge in [0.1, 0.15) is 0 Å². The second-order valence-corrected chi connectivity index (χ2v) is 7.37. The molecule has 0 radical (unpaired) electrons. The van der Waals surface area contributed by atoms with Gasteiger partial charge in [0.15, 0.2) is 0 Å². The molecule has 2 aliphatic rings. The van der Waals surface area contributed by atoms with Crippen LogP contribution in [-0.2, 0) is 11.3 Å². The Hall–Kier alpha value is -2.08. The first-order valence-electron chi connectivity index (χ1n) is 9.08. The number of likely N-dealkylation sites (N-methyl/N-ethyl adjacent to an activating group) is 1. The normalized spacial score (nSPS) is 21.7. The second-order valence-electron chi connectivity index (χ2n) is 7.37. The first kappa shape index (κ1) is 16.4. The maximum Gasteiger partial charge on any atom is 0.320 e. The van der Waals surface area contributed by atoms with Crippen molar-refractivity contribution < 1.29 is 9.53 Å². The smallest absolute Gasteiger partial charge is 0.320 e. The molecular formula is C19H26N4O2. The van der Waals surface area contributed by atoms with Gasteiger partial charge in [-0.3, -0.25) is 0 Å². The molecule has 1 saturated heterocycles. The Kier molecular flexibility index (Phi) is 4.15. The number of amides is 2. The third kappa shape index (κ3) is 2.88. The highest BCUT2D eigenvalue weighted by Crippen LogP contribution is 2.42. The lowest BCUT2D eigenvalue weighted by atomic mass is 10.2. The molecule has 1 aliphatic carbocycles. The van der Waals surface area contributed by atoms with Gasteiger partial charge in [-0.25, -0.2) is 9.78 Å². The van der Waals surface area contributed by atoms with Crippen molar-refractivity contribution in [1.29, 1.82) is 0 Å². The van der Waals surface area contributed by atoms with E-state index in [1.54, 1.807) is 7.11 Å².